The van der Waals surface area contributed by atoms with E-state index in [1.165, 1.54) is 6.08 Å². The number of carbonyl (C=O) groups excluding carboxylic acids is 2. The Morgan fingerprint density at radius 3 is 2.43 bits per heavy atom. The van der Waals surface area contributed by atoms with E-state index in [1.54, 1.807) is 6.92 Å². The van der Waals surface area contributed by atoms with E-state index in [2.05, 4.69) is 20.1 Å². The molecular formula is C17H27NO3. The standard InChI is InChI=1S/C17H27NO3/c1-7-14(19)18-11-8-9-17(6,10-12-18)16(4,5)21-15(20)13(2)3/h7H,1-2,8-12H2,3-6H3. The summed E-state index contributed by atoms with van der Waals surface area (Å²) in [4.78, 5) is 25.4. The molecule has 1 heterocycles. The summed E-state index contributed by atoms with van der Waals surface area (Å²) in [6.45, 7) is 16.2. The lowest BCUT2D eigenvalue weighted by molar-refractivity contribution is -0.166. The number of amides is 1. The Balaban J connectivity index is 2.84. The van der Waals surface area contributed by atoms with Crippen LogP contribution in [0, 0.1) is 5.41 Å². The number of hydrogen-bond donors (Lipinski definition) is 0. The highest BCUT2D eigenvalue weighted by molar-refractivity contribution is 5.87. The van der Waals surface area contributed by atoms with Crippen molar-refractivity contribution in [2.24, 2.45) is 5.41 Å². The lowest BCUT2D eigenvalue weighted by Gasteiger charge is -2.43. The Morgan fingerprint density at radius 1 is 1.29 bits per heavy atom. The first-order valence-corrected chi connectivity index (χ1v) is 7.43. The summed E-state index contributed by atoms with van der Waals surface area (Å²) < 4.78 is 5.66. The molecule has 1 atom stereocenters. The van der Waals surface area contributed by atoms with Gasteiger partial charge in [-0.3, -0.25) is 4.79 Å². The number of hydrogen-bond acceptors (Lipinski definition) is 3. The lowest BCUT2D eigenvalue weighted by Crippen LogP contribution is -2.46. The molecule has 4 nitrogen and oxygen atoms in total. The minimum Gasteiger partial charge on any atom is -0.456 e. The van der Waals surface area contributed by atoms with Crippen LogP contribution < -0.4 is 0 Å². The van der Waals surface area contributed by atoms with Crippen molar-refractivity contribution < 1.29 is 14.3 Å². The smallest absolute Gasteiger partial charge is 0.333 e. The van der Waals surface area contributed by atoms with Crippen LogP contribution in [0.2, 0.25) is 0 Å². The van der Waals surface area contributed by atoms with Gasteiger partial charge in [0.25, 0.3) is 0 Å². The fourth-order valence-electron chi connectivity index (χ4n) is 2.67. The van der Waals surface area contributed by atoms with Crippen molar-refractivity contribution >= 4 is 11.9 Å². The second-order valence-electron chi connectivity index (χ2n) is 6.62. The summed E-state index contributed by atoms with van der Waals surface area (Å²) in [5.41, 5.74) is -0.367. The van der Waals surface area contributed by atoms with Crippen molar-refractivity contribution in [2.75, 3.05) is 13.1 Å². The quantitative estimate of drug-likeness (QED) is 0.591. The topological polar surface area (TPSA) is 46.6 Å². The van der Waals surface area contributed by atoms with Gasteiger partial charge in [-0.2, -0.15) is 0 Å². The van der Waals surface area contributed by atoms with Crippen LogP contribution in [-0.2, 0) is 14.3 Å². The first-order valence-electron chi connectivity index (χ1n) is 7.43. The summed E-state index contributed by atoms with van der Waals surface area (Å²) >= 11 is 0. The van der Waals surface area contributed by atoms with Crippen LogP contribution in [0.1, 0.15) is 47.0 Å². The molecule has 118 valence electrons. The van der Waals surface area contributed by atoms with Crippen LogP contribution in [-0.4, -0.2) is 35.5 Å². The van der Waals surface area contributed by atoms with Gasteiger partial charge in [-0.25, -0.2) is 4.79 Å². The highest BCUT2D eigenvalue weighted by atomic mass is 16.6. The van der Waals surface area contributed by atoms with Gasteiger partial charge in [-0.05, 0) is 46.1 Å². The number of nitrogens with zero attached hydrogens (tertiary/aromatic N) is 1. The second kappa shape index (κ2) is 6.46. The van der Waals surface area contributed by atoms with E-state index in [0.717, 1.165) is 25.8 Å². The summed E-state index contributed by atoms with van der Waals surface area (Å²) in [5.74, 6) is -0.388. The highest BCUT2D eigenvalue weighted by Crippen LogP contribution is 2.43. The maximum absolute atomic E-state index is 11.8. The Morgan fingerprint density at radius 2 is 1.90 bits per heavy atom. The summed E-state index contributed by atoms with van der Waals surface area (Å²) in [5, 5.41) is 0. The zero-order chi connectivity index (χ0) is 16.3. The van der Waals surface area contributed by atoms with Crippen LogP contribution in [0.4, 0.5) is 0 Å². The molecule has 0 radical (unpaired) electrons. The van der Waals surface area contributed by atoms with Crippen molar-refractivity contribution in [2.45, 2.75) is 52.6 Å². The van der Waals surface area contributed by atoms with Crippen LogP contribution in [0.5, 0.6) is 0 Å². The van der Waals surface area contributed by atoms with Crippen molar-refractivity contribution in [3.05, 3.63) is 24.8 Å². The second-order valence-corrected chi connectivity index (χ2v) is 6.62. The largest absolute Gasteiger partial charge is 0.456 e. The van der Waals surface area contributed by atoms with Gasteiger partial charge < -0.3 is 9.64 Å². The summed E-state index contributed by atoms with van der Waals surface area (Å²) in [6.07, 6.45) is 3.95. The van der Waals surface area contributed by atoms with Crippen LogP contribution in [0.25, 0.3) is 0 Å². The fourth-order valence-corrected chi connectivity index (χ4v) is 2.67. The minimum absolute atomic E-state index is 0.0315. The van der Waals surface area contributed by atoms with Gasteiger partial charge in [0.1, 0.15) is 5.60 Å². The van der Waals surface area contributed by atoms with E-state index >= 15 is 0 Å². The Labute approximate surface area is 127 Å². The summed E-state index contributed by atoms with van der Waals surface area (Å²) in [6, 6.07) is 0. The molecule has 1 fully saturated rings. The molecule has 0 spiro atoms. The molecule has 0 aromatic rings. The third-order valence-electron chi connectivity index (χ3n) is 4.73. The van der Waals surface area contributed by atoms with Gasteiger partial charge in [0.2, 0.25) is 5.91 Å². The maximum atomic E-state index is 11.8. The maximum Gasteiger partial charge on any atom is 0.333 e. The van der Waals surface area contributed by atoms with Gasteiger partial charge in [0.05, 0.1) is 0 Å². The van der Waals surface area contributed by atoms with Crippen molar-refractivity contribution in [1.82, 2.24) is 4.90 Å². The predicted molar refractivity (Wildman–Crippen MR) is 83.7 cm³/mol. The van der Waals surface area contributed by atoms with E-state index in [4.69, 9.17) is 4.74 Å². The monoisotopic (exact) mass is 293 g/mol. The molecule has 0 saturated carbocycles. The molecular weight excluding hydrogens is 266 g/mol. The minimum atomic E-state index is -0.601. The van der Waals surface area contributed by atoms with E-state index in [9.17, 15) is 9.59 Å². The number of esters is 1. The first kappa shape index (κ1) is 17.5. The number of carbonyl (C=O) groups is 2. The molecule has 0 N–H and O–H groups in total. The third kappa shape index (κ3) is 3.96. The average molecular weight is 293 g/mol. The van der Waals surface area contributed by atoms with Crippen LogP contribution in [0.15, 0.2) is 24.8 Å². The average Bonchev–Trinajstić information content (AvgIpc) is 2.60. The Kier molecular flexibility index (Phi) is 5.37. The molecule has 1 aliphatic rings. The molecule has 1 saturated heterocycles. The van der Waals surface area contributed by atoms with Crippen LogP contribution in [0.3, 0.4) is 0 Å². The molecule has 21 heavy (non-hydrogen) atoms. The summed E-state index contributed by atoms with van der Waals surface area (Å²) in [7, 11) is 0. The molecule has 1 aliphatic heterocycles. The molecule has 0 aromatic heterocycles. The predicted octanol–water partition coefficient (Wildman–Crippen LogP) is 3.09. The van der Waals surface area contributed by atoms with E-state index < -0.39 is 5.60 Å². The molecule has 0 aromatic carbocycles. The van der Waals surface area contributed by atoms with Gasteiger partial charge in [0, 0.05) is 24.1 Å². The lowest BCUT2D eigenvalue weighted by atomic mass is 9.70. The highest BCUT2D eigenvalue weighted by Gasteiger charge is 2.45. The molecule has 0 aliphatic carbocycles. The van der Waals surface area contributed by atoms with E-state index in [1.807, 2.05) is 18.7 Å². The van der Waals surface area contributed by atoms with E-state index in [0.29, 0.717) is 12.1 Å². The van der Waals surface area contributed by atoms with Crippen molar-refractivity contribution in [3.63, 3.8) is 0 Å². The molecule has 1 unspecified atom stereocenters. The number of likely N-dealkylation sites (tertiary alicyclic amines) is 1. The SMILES string of the molecule is C=CC(=O)N1CCCC(C)(C(C)(C)OC(=O)C(=C)C)CC1. The Hall–Kier alpha value is -1.58. The number of ether oxygens (including phenoxy) is 1. The van der Waals surface area contributed by atoms with Gasteiger partial charge in [-0.1, -0.05) is 20.1 Å². The fraction of sp³-hybridized carbons (Fsp3) is 0.647. The zero-order valence-corrected chi connectivity index (χ0v) is 13.7. The van der Waals surface area contributed by atoms with E-state index in [-0.39, 0.29) is 17.3 Å². The van der Waals surface area contributed by atoms with Gasteiger partial charge in [-0.15, -0.1) is 0 Å². The third-order valence-corrected chi connectivity index (χ3v) is 4.73. The first-order chi connectivity index (χ1) is 9.63. The molecule has 0 bridgehead atoms. The number of rotatable bonds is 4. The zero-order valence-electron chi connectivity index (χ0n) is 13.7. The Bertz CT molecular complexity index is 453. The molecule has 1 rings (SSSR count). The van der Waals surface area contributed by atoms with Gasteiger partial charge >= 0.3 is 5.97 Å². The van der Waals surface area contributed by atoms with Gasteiger partial charge in [0.15, 0.2) is 0 Å². The molecule has 4 heteroatoms. The van der Waals surface area contributed by atoms with Crippen molar-refractivity contribution in [1.29, 1.82) is 0 Å². The van der Waals surface area contributed by atoms with Crippen molar-refractivity contribution in [3.8, 4) is 0 Å². The van der Waals surface area contributed by atoms with Crippen LogP contribution >= 0.6 is 0 Å². The normalized spacial score (nSPS) is 23.1. The molecule has 1 amide bonds.